The number of thioether (sulfide) groups is 1. The fourth-order valence-corrected chi connectivity index (χ4v) is 4.45. The van der Waals surface area contributed by atoms with Crippen molar-refractivity contribution < 1.29 is 9.53 Å². The van der Waals surface area contributed by atoms with Crippen molar-refractivity contribution in [3.8, 4) is 5.75 Å². The van der Waals surface area contributed by atoms with Gasteiger partial charge in [-0.25, -0.2) is 0 Å². The maximum Gasteiger partial charge on any atom is 0.228 e. The van der Waals surface area contributed by atoms with Crippen molar-refractivity contribution >= 4 is 17.7 Å². The first-order chi connectivity index (χ1) is 12.4. The fourth-order valence-electron chi connectivity index (χ4n) is 3.17. The summed E-state index contributed by atoms with van der Waals surface area (Å²) in [6.45, 7) is 7.47. The highest BCUT2D eigenvalue weighted by Crippen LogP contribution is 2.39. The lowest BCUT2D eigenvalue weighted by Crippen LogP contribution is -2.31. The van der Waals surface area contributed by atoms with Gasteiger partial charge in [0.1, 0.15) is 11.1 Å². The van der Waals surface area contributed by atoms with Gasteiger partial charge in [-0.15, -0.1) is 11.8 Å². The van der Waals surface area contributed by atoms with Crippen molar-refractivity contribution in [2.24, 2.45) is 0 Å². The Kier molecular flexibility index (Phi) is 5.61. The van der Waals surface area contributed by atoms with Crippen LogP contribution in [0.25, 0.3) is 0 Å². The maximum absolute atomic E-state index is 12.9. The quantitative estimate of drug-likeness (QED) is 0.775. The van der Waals surface area contributed by atoms with Crippen LogP contribution in [0.4, 0.5) is 0 Å². The number of hydrogen-bond donors (Lipinski definition) is 0. The molecule has 0 aliphatic carbocycles. The molecule has 2 aromatic carbocycles. The molecule has 3 rings (SSSR count). The summed E-state index contributed by atoms with van der Waals surface area (Å²) in [5, 5.41) is 0.120. The number of ether oxygens (including phenoxy) is 1. The van der Waals surface area contributed by atoms with E-state index in [2.05, 4.69) is 45.0 Å². The molecular weight excluding hydrogens is 342 g/mol. The van der Waals surface area contributed by atoms with Crippen LogP contribution in [-0.4, -0.2) is 30.2 Å². The zero-order valence-electron chi connectivity index (χ0n) is 16.0. The van der Waals surface area contributed by atoms with Crippen LogP contribution in [-0.2, 0) is 16.6 Å². The van der Waals surface area contributed by atoms with E-state index in [-0.39, 0.29) is 16.7 Å². The number of benzene rings is 2. The lowest BCUT2D eigenvalue weighted by atomic mass is 9.86. The Morgan fingerprint density at radius 3 is 2.35 bits per heavy atom. The van der Waals surface area contributed by atoms with Crippen LogP contribution in [0.3, 0.4) is 0 Å². The molecule has 0 aromatic heterocycles. The second kappa shape index (κ2) is 7.75. The second-order valence-electron chi connectivity index (χ2n) is 7.71. The topological polar surface area (TPSA) is 29.5 Å². The van der Waals surface area contributed by atoms with E-state index in [0.717, 1.165) is 23.6 Å². The lowest BCUT2D eigenvalue weighted by molar-refractivity contribution is -0.130. The molecule has 0 saturated carbocycles. The van der Waals surface area contributed by atoms with E-state index < -0.39 is 0 Å². The van der Waals surface area contributed by atoms with Gasteiger partial charge in [0.05, 0.1) is 13.5 Å². The van der Waals surface area contributed by atoms with Crippen LogP contribution in [0.2, 0.25) is 0 Å². The first-order valence-electron chi connectivity index (χ1n) is 9.03. The molecule has 138 valence electrons. The normalized spacial score (nSPS) is 17.4. The SMILES string of the molecule is COc1ccc(CC(=O)N2CCS[C@@H]2c2ccc(C(C)(C)C)cc2)cc1. The Balaban J connectivity index is 1.71. The van der Waals surface area contributed by atoms with E-state index >= 15 is 0 Å². The Morgan fingerprint density at radius 2 is 1.77 bits per heavy atom. The molecule has 1 fully saturated rings. The minimum absolute atomic E-state index is 0.120. The molecule has 1 aliphatic rings. The molecule has 1 heterocycles. The van der Waals surface area contributed by atoms with E-state index in [4.69, 9.17) is 4.74 Å². The summed E-state index contributed by atoms with van der Waals surface area (Å²) in [7, 11) is 1.65. The summed E-state index contributed by atoms with van der Waals surface area (Å²) >= 11 is 1.85. The third kappa shape index (κ3) is 4.24. The Morgan fingerprint density at radius 1 is 1.12 bits per heavy atom. The molecule has 3 nitrogen and oxygen atoms in total. The molecular formula is C22H27NO2S. The van der Waals surface area contributed by atoms with E-state index in [1.807, 2.05) is 40.9 Å². The number of rotatable bonds is 4. The molecule has 1 aliphatic heterocycles. The molecule has 2 aromatic rings. The Bertz CT molecular complexity index is 747. The van der Waals surface area contributed by atoms with Gasteiger partial charge < -0.3 is 9.64 Å². The Hall–Kier alpha value is -1.94. The van der Waals surface area contributed by atoms with Crippen LogP contribution in [0, 0.1) is 0 Å². The average Bonchev–Trinajstić information content (AvgIpc) is 3.11. The van der Waals surface area contributed by atoms with E-state index in [1.165, 1.54) is 11.1 Å². The number of hydrogen-bond acceptors (Lipinski definition) is 3. The highest BCUT2D eigenvalue weighted by Gasteiger charge is 2.30. The number of nitrogens with zero attached hydrogens (tertiary/aromatic N) is 1. The molecule has 0 unspecified atom stereocenters. The van der Waals surface area contributed by atoms with E-state index in [9.17, 15) is 4.79 Å². The smallest absolute Gasteiger partial charge is 0.228 e. The first-order valence-corrected chi connectivity index (χ1v) is 10.1. The van der Waals surface area contributed by atoms with Crippen molar-refractivity contribution in [3.63, 3.8) is 0 Å². The molecule has 0 N–H and O–H groups in total. The molecule has 26 heavy (non-hydrogen) atoms. The molecule has 4 heteroatoms. The molecule has 1 atom stereocenters. The average molecular weight is 370 g/mol. The highest BCUT2D eigenvalue weighted by atomic mass is 32.2. The van der Waals surface area contributed by atoms with Crippen molar-refractivity contribution in [3.05, 3.63) is 65.2 Å². The van der Waals surface area contributed by atoms with Crippen molar-refractivity contribution in [2.75, 3.05) is 19.4 Å². The summed E-state index contributed by atoms with van der Waals surface area (Å²) in [5.74, 6) is 1.99. The molecule has 1 saturated heterocycles. The third-order valence-electron chi connectivity index (χ3n) is 4.79. The van der Waals surface area contributed by atoms with Gasteiger partial charge in [-0.2, -0.15) is 0 Å². The van der Waals surface area contributed by atoms with Gasteiger partial charge >= 0.3 is 0 Å². The van der Waals surface area contributed by atoms with Crippen molar-refractivity contribution in [1.29, 1.82) is 0 Å². The summed E-state index contributed by atoms with van der Waals surface area (Å²) < 4.78 is 5.18. The van der Waals surface area contributed by atoms with Crippen LogP contribution in [0.5, 0.6) is 5.75 Å². The lowest BCUT2D eigenvalue weighted by Gasteiger charge is -2.25. The molecule has 0 radical (unpaired) electrons. The molecule has 0 spiro atoms. The number of methoxy groups -OCH3 is 1. The van der Waals surface area contributed by atoms with Gasteiger partial charge in [0, 0.05) is 12.3 Å². The highest BCUT2D eigenvalue weighted by molar-refractivity contribution is 7.99. The number of carbonyl (C=O) groups is 1. The third-order valence-corrected chi connectivity index (χ3v) is 6.05. The van der Waals surface area contributed by atoms with Gasteiger partial charge in [0.2, 0.25) is 5.91 Å². The molecule has 0 bridgehead atoms. The summed E-state index contributed by atoms with van der Waals surface area (Å²) in [5.41, 5.74) is 3.70. The summed E-state index contributed by atoms with van der Waals surface area (Å²) in [4.78, 5) is 14.9. The van der Waals surface area contributed by atoms with E-state index in [0.29, 0.717) is 6.42 Å². The van der Waals surface area contributed by atoms with Crippen LogP contribution >= 0.6 is 11.8 Å². The minimum atomic E-state index is 0.120. The van der Waals surface area contributed by atoms with Gasteiger partial charge in [0.25, 0.3) is 0 Å². The predicted molar refractivity (Wildman–Crippen MR) is 109 cm³/mol. The van der Waals surface area contributed by atoms with E-state index in [1.54, 1.807) is 7.11 Å². The number of amides is 1. The predicted octanol–water partition coefficient (Wildman–Crippen LogP) is 4.81. The Labute approximate surface area is 160 Å². The standard InChI is InChI=1S/C22H27NO2S/c1-22(2,3)18-9-7-17(8-10-18)21-23(13-14-26-21)20(24)15-16-5-11-19(25-4)12-6-16/h5-12,21H,13-15H2,1-4H3/t21-/m1/s1. The van der Waals surface area contributed by atoms with Gasteiger partial charge in [0.15, 0.2) is 0 Å². The zero-order chi connectivity index (χ0) is 18.7. The fraction of sp³-hybridized carbons (Fsp3) is 0.409. The van der Waals surface area contributed by atoms with Crippen LogP contribution in [0.15, 0.2) is 48.5 Å². The summed E-state index contributed by atoms with van der Waals surface area (Å²) in [6, 6.07) is 16.5. The van der Waals surface area contributed by atoms with Gasteiger partial charge in [-0.1, -0.05) is 57.2 Å². The van der Waals surface area contributed by atoms with Gasteiger partial charge in [-0.3, -0.25) is 4.79 Å². The van der Waals surface area contributed by atoms with Crippen LogP contribution in [0.1, 0.15) is 42.8 Å². The zero-order valence-corrected chi connectivity index (χ0v) is 16.8. The van der Waals surface area contributed by atoms with Crippen LogP contribution < -0.4 is 4.74 Å². The maximum atomic E-state index is 12.9. The monoisotopic (exact) mass is 369 g/mol. The first kappa shape index (κ1) is 18.8. The van der Waals surface area contributed by atoms with Crippen molar-refractivity contribution in [1.82, 2.24) is 4.90 Å². The summed E-state index contributed by atoms with van der Waals surface area (Å²) in [6.07, 6.45) is 0.432. The largest absolute Gasteiger partial charge is 0.497 e. The second-order valence-corrected chi connectivity index (χ2v) is 8.90. The van der Waals surface area contributed by atoms with Gasteiger partial charge in [-0.05, 0) is 34.2 Å². The van der Waals surface area contributed by atoms with Crippen molar-refractivity contribution in [2.45, 2.75) is 38.0 Å². The molecule has 1 amide bonds. The number of carbonyl (C=O) groups excluding carboxylic acids is 1. The minimum Gasteiger partial charge on any atom is -0.497 e.